The summed E-state index contributed by atoms with van der Waals surface area (Å²) >= 11 is 0. The average Bonchev–Trinajstić information content (AvgIpc) is 3.23. The number of benzene rings is 1. The summed E-state index contributed by atoms with van der Waals surface area (Å²) in [6, 6.07) is 8.93. The summed E-state index contributed by atoms with van der Waals surface area (Å²) in [5.41, 5.74) is 0.918. The van der Waals surface area contributed by atoms with E-state index in [0.29, 0.717) is 17.5 Å². The van der Waals surface area contributed by atoms with Crippen molar-refractivity contribution in [2.45, 2.75) is 18.9 Å². The van der Waals surface area contributed by atoms with Crippen LogP contribution < -0.4 is 10.6 Å². The first-order chi connectivity index (χ1) is 9.70. The molecule has 0 unspecified atom stereocenters. The van der Waals surface area contributed by atoms with E-state index < -0.39 is 5.97 Å². The Labute approximate surface area is 115 Å². The van der Waals surface area contributed by atoms with Gasteiger partial charge >= 0.3 is 5.97 Å². The third-order valence-corrected chi connectivity index (χ3v) is 2.98. The van der Waals surface area contributed by atoms with Gasteiger partial charge in [-0.2, -0.15) is 0 Å². The highest BCUT2D eigenvalue weighted by Gasteiger charge is 2.21. The summed E-state index contributed by atoms with van der Waals surface area (Å²) in [6.45, 7) is 0. The number of aromatic carboxylic acids is 1. The zero-order valence-electron chi connectivity index (χ0n) is 10.7. The van der Waals surface area contributed by atoms with Crippen LogP contribution in [-0.2, 0) is 0 Å². The van der Waals surface area contributed by atoms with Crippen molar-refractivity contribution >= 4 is 23.3 Å². The topological polar surface area (TPSA) is 87.1 Å². The van der Waals surface area contributed by atoms with Crippen LogP contribution in [0.4, 0.5) is 17.3 Å². The first-order valence-corrected chi connectivity index (χ1v) is 6.40. The molecule has 102 valence electrons. The van der Waals surface area contributed by atoms with E-state index >= 15 is 0 Å². The molecule has 6 heteroatoms. The largest absolute Gasteiger partial charge is 0.478 e. The molecule has 0 saturated heterocycles. The normalized spacial score (nSPS) is 13.8. The summed E-state index contributed by atoms with van der Waals surface area (Å²) < 4.78 is 0. The number of rotatable bonds is 5. The smallest absolute Gasteiger partial charge is 0.335 e. The van der Waals surface area contributed by atoms with Crippen LogP contribution in [0.1, 0.15) is 23.2 Å². The Bertz CT molecular complexity index is 641. The third-order valence-electron chi connectivity index (χ3n) is 2.98. The fourth-order valence-corrected chi connectivity index (χ4v) is 1.82. The first-order valence-electron chi connectivity index (χ1n) is 6.40. The minimum absolute atomic E-state index is 0.236. The van der Waals surface area contributed by atoms with Gasteiger partial charge in [-0.25, -0.2) is 14.8 Å². The molecule has 20 heavy (non-hydrogen) atoms. The maximum Gasteiger partial charge on any atom is 0.335 e. The maximum atomic E-state index is 10.9. The van der Waals surface area contributed by atoms with Gasteiger partial charge in [-0.3, -0.25) is 0 Å². The van der Waals surface area contributed by atoms with Crippen LogP contribution in [0.3, 0.4) is 0 Å². The van der Waals surface area contributed by atoms with Crippen LogP contribution in [0.15, 0.2) is 36.7 Å². The Morgan fingerprint density at radius 3 is 2.75 bits per heavy atom. The molecule has 0 spiro atoms. The van der Waals surface area contributed by atoms with E-state index in [4.69, 9.17) is 5.11 Å². The number of aromatic nitrogens is 2. The highest BCUT2D eigenvalue weighted by molar-refractivity contribution is 5.89. The predicted octanol–water partition coefficient (Wildman–Crippen LogP) is 2.49. The molecule has 1 aliphatic rings. The molecule has 1 aromatic heterocycles. The monoisotopic (exact) mass is 270 g/mol. The molecular weight excluding hydrogens is 256 g/mol. The number of nitrogens with one attached hydrogen (secondary N) is 2. The van der Waals surface area contributed by atoms with Crippen molar-refractivity contribution < 1.29 is 9.90 Å². The molecule has 2 aromatic rings. The van der Waals surface area contributed by atoms with Crippen LogP contribution in [-0.4, -0.2) is 27.1 Å². The van der Waals surface area contributed by atoms with Crippen molar-refractivity contribution in [1.29, 1.82) is 0 Å². The fourth-order valence-electron chi connectivity index (χ4n) is 1.82. The molecule has 0 bridgehead atoms. The summed E-state index contributed by atoms with van der Waals surface area (Å²) in [7, 11) is 0. The van der Waals surface area contributed by atoms with Gasteiger partial charge in [0.05, 0.1) is 5.56 Å². The highest BCUT2D eigenvalue weighted by Crippen LogP contribution is 2.24. The third kappa shape index (κ3) is 3.03. The Balaban J connectivity index is 1.76. The quantitative estimate of drug-likeness (QED) is 0.773. The van der Waals surface area contributed by atoms with Crippen molar-refractivity contribution in [3.8, 4) is 0 Å². The van der Waals surface area contributed by atoms with E-state index in [-0.39, 0.29) is 5.56 Å². The van der Waals surface area contributed by atoms with Gasteiger partial charge in [-0.05, 0) is 31.0 Å². The first kappa shape index (κ1) is 12.4. The van der Waals surface area contributed by atoms with E-state index in [0.717, 1.165) is 5.82 Å². The van der Waals surface area contributed by atoms with Crippen LogP contribution >= 0.6 is 0 Å². The number of hydrogen-bond donors (Lipinski definition) is 3. The van der Waals surface area contributed by atoms with Gasteiger partial charge in [0.25, 0.3) is 0 Å². The maximum absolute atomic E-state index is 10.9. The molecule has 6 nitrogen and oxygen atoms in total. The van der Waals surface area contributed by atoms with Gasteiger partial charge in [0, 0.05) is 17.8 Å². The van der Waals surface area contributed by atoms with Crippen LogP contribution in [0.2, 0.25) is 0 Å². The molecule has 0 aliphatic heterocycles. The lowest BCUT2D eigenvalue weighted by molar-refractivity contribution is 0.0697. The Morgan fingerprint density at radius 2 is 2.00 bits per heavy atom. The summed E-state index contributed by atoms with van der Waals surface area (Å²) in [5, 5.41) is 15.3. The molecule has 0 radical (unpaired) electrons. The summed E-state index contributed by atoms with van der Waals surface area (Å²) in [6.07, 6.45) is 3.83. The molecule has 0 atom stereocenters. The molecule has 1 aromatic carbocycles. The minimum atomic E-state index is -0.951. The number of carboxylic acids is 1. The zero-order chi connectivity index (χ0) is 13.9. The lowest BCUT2D eigenvalue weighted by Gasteiger charge is -2.08. The van der Waals surface area contributed by atoms with E-state index in [9.17, 15) is 4.79 Å². The lowest BCUT2D eigenvalue weighted by atomic mass is 10.2. The molecular formula is C14H14N4O2. The van der Waals surface area contributed by atoms with Crippen molar-refractivity contribution in [2.24, 2.45) is 0 Å². The van der Waals surface area contributed by atoms with Gasteiger partial charge in [0.15, 0.2) is 0 Å². The van der Waals surface area contributed by atoms with Gasteiger partial charge in [-0.1, -0.05) is 6.07 Å². The number of nitrogens with zero attached hydrogens (tertiary/aromatic N) is 2. The summed E-state index contributed by atoms with van der Waals surface area (Å²) in [5.74, 6) is 0.456. The Morgan fingerprint density at radius 1 is 1.20 bits per heavy atom. The molecule has 1 saturated carbocycles. The second-order valence-corrected chi connectivity index (χ2v) is 4.72. The second-order valence-electron chi connectivity index (χ2n) is 4.72. The molecule has 1 heterocycles. The van der Waals surface area contributed by atoms with E-state index in [2.05, 4.69) is 20.6 Å². The summed E-state index contributed by atoms with van der Waals surface area (Å²) in [4.78, 5) is 19.2. The van der Waals surface area contributed by atoms with Crippen LogP contribution in [0.5, 0.6) is 0 Å². The molecule has 1 fully saturated rings. The average molecular weight is 270 g/mol. The Hall–Kier alpha value is -2.63. The van der Waals surface area contributed by atoms with Crippen molar-refractivity contribution in [3.63, 3.8) is 0 Å². The molecule has 1 aliphatic carbocycles. The van der Waals surface area contributed by atoms with Crippen LogP contribution in [0, 0.1) is 0 Å². The lowest BCUT2D eigenvalue weighted by Crippen LogP contribution is -2.04. The van der Waals surface area contributed by atoms with E-state index in [1.807, 2.05) is 6.07 Å². The van der Waals surface area contributed by atoms with Gasteiger partial charge < -0.3 is 15.7 Å². The van der Waals surface area contributed by atoms with Gasteiger partial charge in [0.2, 0.25) is 0 Å². The van der Waals surface area contributed by atoms with Crippen molar-refractivity contribution in [1.82, 2.24) is 9.97 Å². The minimum Gasteiger partial charge on any atom is -0.478 e. The Kier molecular flexibility index (Phi) is 3.20. The number of carboxylic acid groups (broad SMARTS) is 1. The second kappa shape index (κ2) is 5.16. The van der Waals surface area contributed by atoms with Crippen LogP contribution in [0.25, 0.3) is 0 Å². The fraction of sp³-hybridized carbons (Fsp3) is 0.214. The van der Waals surface area contributed by atoms with E-state index in [1.165, 1.54) is 19.2 Å². The molecule has 3 N–H and O–H groups in total. The standard InChI is InChI=1S/C14H14N4O2/c19-14(20)9-2-1-3-11(6-9)18-13-7-12(15-8-16-13)17-10-4-5-10/h1-3,6-8,10H,4-5H2,(H,19,20)(H2,15,16,17,18). The number of carbonyl (C=O) groups is 1. The van der Waals surface area contributed by atoms with Gasteiger partial charge in [-0.15, -0.1) is 0 Å². The van der Waals surface area contributed by atoms with Gasteiger partial charge in [0.1, 0.15) is 18.0 Å². The SMILES string of the molecule is O=C(O)c1cccc(Nc2cc(NC3CC3)ncn2)c1. The van der Waals surface area contributed by atoms with E-state index in [1.54, 1.807) is 24.3 Å². The predicted molar refractivity (Wildman–Crippen MR) is 75.4 cm³/mol. The zero-order valence-corrected chi connectivity index (χ0v) is 10.7. The number of hydrogen-bond acceptors (Lipinski definition) is 5. The van der Waals surface area contributed by atoms with Crippen molar-refractivity contribution in [2.75, 3.05) is 10.6 Å². The number of anilines is 3. The van der Waals surface area contributed by atoms with Crippen molar-refractivity contribution in [3.05, 3.63) is 42.2 Å². The molecule has 3 rings (SSSR count). The molecule has 0 amide bonds. The highest BCUT2D eigenvalue weighted by atomic mass is 16.4.